The zero-order valence-corrected chi connectivity index (χ0v) is 17.7. The zero-order valence-electron chi connectivity index (χ0n) is 17.7. The third-order valence-corrected chi connectivity index (χ3v) is 5.34. The van der Waals surface area contributed by atoms with Crippen LogP contribution in [0.25, 0.3) is 10.8 Å². The maximum atomic E-state index is 4.51. The minimum atomic E-state index is 0.817. The third-order valence-electron chi connectivity index (χ3n) is 5.34. The molecule has 0 aliphatic carbocycles. The van der Waals surface area contributed by atoms with E-state index in [4.69, 9.17) is 0 Å². The van der Waals surface area contributed by atoms with Gasteiger partial charge in [-0.3, -0.25) is 14.9 Å². The van der Waals surface area contributed by atoms with E-state index < -0.39 is 0 Å². The molecule has 2 heterocycles. The largest absolute Gasteiger partial charge is 0.378 e. The van der Waals surface area contributed by atoms with Crippen molar-refractivity contribution >= 4 is 16.5 Å². The van der Waals surface area contributed by atoms with Crippen molar-refractivity contribution in [3.63, 3.8) is 0 Å². The molecule has 0 atom stereocenters. The Hall–Kier alpha value is -3.24. The van der Waals surface area contributed by atoms with E-state index in [1.54, 1.807) is 0 Å². The van der Waals surface area contributed by atoms with Crippen molar-refractivity contribution in [2.45, 2.75) is 19.5 Å². The molecule has 0 aliphatic heterocycles. The van der Waals surface area contributed by atoms with E-state index in [0.29, 0.717) is 0 Å². The molecule has 0 aliphatic rings. The predicted molar refractivity (Wildman–Crippen MR) is 125 cm³/mol. The molecule has 152 valence electrons. The van der Waals surface area contributed by atoms with E-state index in [-0.39, 0.29) is 0 Å². The van der Waals surface area contributed by atoms with Crippen LogP contribution in [0.5, 0.6) is 0 Å². The molecule has 2 aromatic heterocycles. The number of fused-ring (bicyclic) bond motifs is 1. The van der Waals surface area contributed by atoms with E-state index in [0.717, 1.165) is 37.4 Å². The van der Waals surface area contributed by atoms with Crippen LogP contribution in [-0.2, 0) is 19.5 Å². The van der Waals surface area contributed by atoms with Gasteiger partial charge in [0.05, 0.1) is 11.4 Å². The zero-order chi connectivity index (χ0) is 20.8. The van der Waals surface area contributed by atoms with Crippen molar-refractivity contribution in [1.82, 2.24) is 14.9 Å². The molecule has 0 amide bonds. The quantitative estimate of drug-likeness (QED) is 0.422. The minimum Gasteiger partial charge on any atom is -0.378 e. The van der Waals surface area contributed by atoms with Gasteiger partial charge in [-0.25, -0.2) is 0 Å². The summed E-state index contributed by atoms with van der Waals surface area (Å²) in [6, 6.07) is 25.6. The molecule has 0 radical (unpaired) electrons. The van der Waals surface area contributed by atoms with Gasteiger partial charge in [-0.1, -0.05) is 36.4 Å². The molecule has 0 N–H and O–H groups in total. The maximum absolute atomic E-state index is 4.51. The molecule has 0 spiro atoms. The molecule has 30 heavy (non-hydrogen) atoms. The van der Waals surface area contributed by atoms with Crippen LogP contribution in [0, 0.1) is 0 Å². The minimum absolute atomic E-state index is 0.817. The molecule has 0 fully saturated rings. The number of pyridine rings is 2. The van der Waals surface area contributed by atoms with Gasteiger partial charge in [0.2, 0.25) is 0 Å². The smallest absolute Gasteiger partial charge is 0.0544 e. The number of hydrogen-bond donors (Lipinski definition) is 0. The Kier molecular flexibility index (Phi) is 6.35. The van der Waals surface area contributed by atoms with Crippen LogP contribution in [0.15, 0.2) is 85.2 Å². The highest BCUT2D eigenvalue weighted by Gasteiger charge is 2.10. The summed E-state index contributed by atoms with van der Waals surface area (Å²) in [5.74, 6) is 0. The van der Waals surface area contributed by atoms with Gasteiger partial charge in [0.25, 0.3) is 0 Å². The molecule has 2 aromatic carbocycles. The molecule has 0 unspecified atom stereocenters. The Morgan fingerprint density at radius 1 is 0.700 bits per heavy atom. The molecule has 4 rings (SSSR count). The van der Waals surface area contributed by atoms with E-state index in [1.807, 2.05) is 36.7 Å². The second kappa shape index (κ2) is 9.51. The Balaban J connectivity index is 1.48. The van der Waals surface area contributed by atoms with Crippen LogP contribution in [0.2, 0.25) is 0 Å². The molecule has 0 saturated heterocycles. The summed E-state index contributed by atoms with van der Waals surface area (Å²) in [7, 11) is 4.15. The van der Waals surface area contributed by atoms with Gasteiger partial charge in [0.1, 0.15) is 0 Å². The average Bonchev–Trinajstić information content (AvgIpc) is 2.78. The number of aromatic nitrogens is 2. The van der Waals surface area contributed by atoms with Crippen LogP contribution in [0.3, 0.4) is 0 Å². The van der Waals surface area contributed by atoms with Gasteiger partial charge in [0, 0.05) is 51.8 Å². The van der Waals surface area contributed by atoms with Crippen LogP contribution < -0.4 is 4.90 Å². The SMILES string of the molecule is CN(C)c1ccc2cc(CCN(Cc3ccccn3)Cc3ccccn3)ccc2c1. The topological polar surface area (TPSA) is 32.3 Å². The fourth-order valence-electron chi connectivity index (χ4n) is 3.66. The number of anilines is 1. The summed E-state index contributed by atoms with van der Waals surface area (Å²) >= 11 is 0. The standard InChI is InChI=1S/C26H28N4/c1-29(2)26-12-11-22-17-21(9-10-23(22)18-26)13-16-30(19-24-7-3-5-14-27-24)20-25-8-4-6-15-28-25/h3-12,14-15,17-18H,13,16,19-20H2,1-2H3. The fourth-order valence-corrected chi connectivity index (χ4v) is 3.66. The fraction of sp³-hybridized carbons (Fsp3) is 0.231. The highest BCUT2D eigenvalue weighted by Crippen LogP contribution is 2.22. The highest BCUT2D eigenvalue weighted by molar-refractivity contribution is 5.86. The second-order valence-corrected chi connectivity index (χ2v) is 7.86. The van der Waals surface area contributed by atoms with Crippen LogP contribution >= 0.6 is 0 Å². The monoisotopic (exact) mass is 396 g/mol. The van der Waals surface area contributed by atoms with Crippen molar-refractivity contribution in [1.29, 1.82) is 0 Å². The van der Waals surface area contributed by atoms with Crippen LogP contribution in [0.1, 0.15) is 17.0 Å². The second-order valence-electron chi connectivity index (χ2n) is 7.86. The van der Waals surface area contributed by atoms with E-state index in [2.05, 4.69) is 82.4 Å². The lowest BCUT2D eigenvalue weighted by molar-refractivity contribution is 0.254. The summed E-state index contributed by atoms with van der Waals surface area (Å²) in [5, 5.41) is 2.57. The first-order valence-corrected chi connectivity index (χ1v) is 10.4. The summed E-state index contributed by atoms with van der Waals surface area (Å²) in [5.41, 5.74) is 4.76. The lowest BCUT2D eigenvalue weighted by Crippen LogP contribution is -2.26. The van der Waals surface area contributed by atoms with Gasteiger partial charge in [-0.15, -0.1) is 0 Å². The first-order valence-electron chi connectivity index (χ1n) is 10.4. The maximum Gasteiger partial charge on any atom is 0.0544 e. The predicted octanol–water partition coefficient (Wildman–Crippen LogP) is 4.94. The summed E-state index contributed by atoms with van der Waals surface area (Å²) in [4.78, 5) is 13.6. The van der Waals surface area contributed by atoms with Crippen molar-refractivity contribution in [3.8, 4) is 0 Å². The third kappa shape index (κ3) is 5.22. The van der Waals surface area contributed by atoms with Crippen molar-refractivity contribution in [2.24, 2.45) is 0 Å². The normalized spacial score (nSPS) is 11.2. The molecular formula is C26H28N4. The molecule has 0 bridgehead atoms. The van der Waals surface area contributed by atoms with E-state index in [9.17, 15) is 0 Å². The van der Waals surface area contributed by atoms with Crippen molar-refractivity contribution in [2.75, 3.05) is 25.5 Å². The van der Waals surface area contributed by atoms with Gasteiger partial charge in [-0.05, 0) is 59.2 Å². The molecule has 4 nitrogen and oxygen atoms in total. The first kappa shape index (κ1) is 20.0. The lowest BCUT2D eigenvalue weighted by atomic mass is 10.0. The lowest BCUT2D eigenvalue weighted by Gasteiger charge is -2.22. The van der Waals surface area contributed by atoms with E-state index >= 15 is 0 Å². The number of rotatable bonds is 8. The Bertz CT molecular complexity index is 1040. The highest BCUT2D eigenvalue weighted by atomic mass is 15.1. The average molecular weight is 397 g/mol. The van der Waals surface area contributed by atoms with Gasteiger partial charge in [0.15, 0.2) is 0 Å². The summed E-state index contributed by atoms with van der Waals surface area (Å²) in [6.07, 6.45) is 4.71. The van der Waals surface area contributed by atoms with Crippen LogP contribution in [0.4, 0.5) is 5.69 Å². The van der Waals surface area contributed by atoms with E-state index in [1.165, 1.54) is 22.0 Å². The Morgan fingerprint density at radius 2 is 1.33 bits per heavy atom. The molecule has 0 saturated carbocycles. The van der Waals surface area contributed by atoms with Gasteiger partial charge < -0.3 is 4.90 Å². The number of hydrogen-bond acceptors (Lipinski definition) is 4. The van der Waals surface area contributed by atoms with Gasteiger partial charge >= 0.3 is 0 Å². The molecule has 4 aromatic rings. The van der Waals surface area contributed by atoms with Gasteiger partial charge in [-0.2, -0.15) is 0 Å². The van der Waals surface area contributed by atoms with Crippen molar-refractivity contribution < 1.29 is 0 Å². The number of benzene rings is 2. The first-order chi connectivity index (χ1) is 14.7. The van der Waals surface area contributed by atoms with Crippen molar-refractivity contribution in [3.05, 3.63) is 102 Å². The molecule has 4 heteroatoms. The van der Waals surface area contributed by atoms with Crippen LogP contribution in [-0.4, -0.2) is 35.5 Å². The summed E-state index contributed by atoms with van der Waals surface area (Å²) < 4.78 is 0. The Labute approximate surface area is 178 Å². The Morgan fingerprint density at radius 3 is 1.93 bits per heavy atom. The molecular weight excluding hydrogens is 368 g/mol. The number of nitrogens with zero attached hydrogens (tertiary/aromatic N) is 4. The summed E-state index contributed by atoms with van der Waals surface area (Å²) in [6.45, 7) is 2.59.